The van der Waals surface area contributed by atoms with E-state index in [9.17, 15) is 4.39 Å². The monoisotopic (exact) mass is 482 g/mol. The van der Waals surface area contributed by atoms with E-state index in [1.54, 1.807) is 30.5 Å². The Morgan fingerprint density at radius 1 is 1.04 bits per heavy atom. The first kappa shape index (κ1) is 20.3. The van der Waals surface area contributed by atoms with Crippen molar-refractivity contribution in [1.29, 1.82) is 0 Å². The fraction of sp³-hybridized carbons (Fsp3) is 0.158. The van der Waals surface area contributed by atoms with Crippen molar-refractivity contribution in [3.8, 4) is 10.6 Å². The molecule has 4 nitrogen and oxygen atoms in total. The quantitative estimate of drug-likeness (QED) is 0.322. The molecule has 0 aliphatic carbocycles. The molecule has 3 aromatic rings. The van der Waals surface area contributed by atoms with Gasteiger partial charge in [-0.2, -0.15) is 0 Å². The second-order valence-corrected chi connectivity index (χ2v) is 6.24. The molecule has 26 heavy (non-hydrogen) atoms. The zero-order chi connectivity index (χ0) is 17.5. The zero-order valence-corrected chi connectivity index (χ0v) is 17.4. The molecule has 1 heterocycles. The third-order valence-electron chi connectivity index (χ3n) is 3.64. The molecular weight excluding hydrogens is 462 g/mol. The summed E-state index contributed by atoms with van der Waals surface area (Å²) in [6, 6.07) is 16.8. The number of benzene rings is 2. The number of aliphatic imine (C=N–C) groups is 1. The van der Waals surface area contributed by atoms with E-state index in [1.807, 2.05) is 41.8 Å². The van der Waals surface area contributed by atoms with Crippen molar-refractivity contribution < 1.29 is 4.39 Å². The zero-order valence-electron chi connectivity index (χ0n) is 14.3. The average Bonchev–Trinajstić information content (AvgIpc) is 3.13. The molecule has 2 N–H and O–H groups in total. The van der Waals surface area contributed by atoms with Crippen LogP contribution < -0.4 is 10.6 Å². The lowest BCUT2D eigenvalue weighted by atomic mass is 10.2. The molecule has 0 saturated heterocycles. The van der Waals surface area contributed by atoms with E-state index < -0.39 is 0 Å². The molecule has 0 fully saturated rings. The van der Waals surface area contributed by atoms with Gasteiger partial charge in [-0.15, -0.1) is 35.3 Å². The van der Waals surface area contributed by atoms with Crippen LogP contribution >= 0.6 is 35.3 Å². The van der Waals surface area contributed by atoms with E-state index in [-0.39, 0.29) is 29.8 Å². The first-order valence-corrected chi connectivity index (χ1v) is 8.82. The standard InChI is InChI=1S/C19H19FN4S.HI/c1-21-19(22-11-15-9-5-6-10-17(15)20)23-12-16-13-25-18(24-16)14-7-3-2-4-8-14;/h2-10,13H,11-12H2,1H3,(H2,21,22,23);1H. The molecule has 0 aliphatic heterocycles. The van der Waals surface area contributed by atoms with Crippen LogP contribution in [0.3, 0.4) is 0 Å². The predicted octanol–water partition coefficient (Wildman–Crippen LogP) is 4.43. The molecule has 3 rings (SSSR count). The molecule has 0 radical (unpaired) electrons. The van der Waals surface area contributed by atoms with Gasteiger partial charge in [-0.3, -0.25) is 4.99 Å². The maximum absolute atomic E-state index is 13.6. The molecule has 0 amide bonds. The molecule has 0 spiro atoms. The Kier molecular flexibility index (Phi) is 7.99. The van der Waals surface area contributed by atoms with E-state index in [1.165, 1.54) is 6.07 Å². The molecule has 0 saturated carbocycles. The fourth-order valence-corrected chi connectivity index (χ4v) is 3.14. The maximum atomic E-state index is 13.6. The Labute approximate surface area is 173 Å². The van der Waals surface area contributed by atoms with Crippen molar-refractivity contribution in [3.05, 3.63) is 77.1 Å². The maximum Gasteiger partial charge on any atom is 0.191 e. The summed E-state index contributed by atoms with van der Waals surface area (Å²) < 4.78 is 13.6. The van der Waals surface area contributed by atoms with Gasteiger partial charge in [0.2, 0.25) is 0 Å². The fourth-order valence-electron chi connectivity index (χ4n) is 2.32. The third-order valence-corrected chi connectivity index (χ3v) is 4.58. The van der Waals surface area contributed by atoms with Crippen molar-refractivity contribution >= 4 is 41.3 Å². The highest BCUT2D eigenvalue weighted by atomic mass is 127. The summed E-state index contributed by atoms with van der Waals surface area (Å²) in [7, 11) is 1.69. The lowest BCUT2D eigenvalue weighted by Crippen LogP contribution is -2.36. The number of aromatic nitrogens is 1. The molecule has 0 aliphatic rings. The lowest BCUT2D eigenvalue weighted by molar-refractivity contribution is 0.604. The van der Waals surface area contributed by atoms with Gasteiger partial charge >= 0.3 is 0 Å². The topological polar surface area (TPSA) is 49.3 Å². The minimum Gasteiger partial charge on any atom is -0.352 e. The molecular formula is C19H20FIN4S. The Balaban J connectivity index is 0.00000243. The summed E-state index contributed by atoms with van der Waals surface area (Å²) in [6.45, 7) is 0.930. The van der Waals surface area contributed by atoms with Crippen molar-refractivity contribution in [1.82, 2.24) is 15.6 Å². The normalized spacial score (nSPS) is 10.9. The predicted molar refractivity (Wildman–Crippen MR) is 116 cm³/mol. The summed E-state index contributed by atoms with van der Waals surface area (Å²) in [5, 5.41) is 9.33. The van der Waals surface area contributed by atoms with E-state index in [0.717, 1.165) is 16.3 Å². The number of guanidine groups is 1. The molecule has 7 heteroatoms. The van der Waals surface area contributed by atoms with Gasteiger partial charge < -0.3 is 10.6 Å². The molecule has 1 aromatic heterocycles. The Morgan fingerprint density at radius 2 is 1.73 bits per heavy atom. The summed E-state index contributed by atoms with van der Waals surface area (Å²) in [5.41, 5.74) is 2.66. The Bertz CT molecular complexity index is 852. The van der Waals surface area contributed by atoms with Crippen LogP contribution in [0.5, 0.6) is 0 Å². The van der Waals surface area contributed by atoms with Gasteiger partial charge in [-0.1, -0.05) is 48.5 Å². The van der Waals surface area contributed by atoms with Crippen LogP contribution in [0.2, 0.25) is 0 Å². The van der Waals surface area contributed by atoms with Crippen LogP contribution in [0.4, 0.5) is 4.39 Å². The molecule has 136 valence electrons. The average molecular weight is 482 g/mol. The minimum absolute atomic E-state index is 0. The van der Waals surface area contributed by atoms with Crippen molar-refractivity contribution in [2.45, 2.75) is 13.1 Å². The second kappa shape index (κ2) is 10.2. The third kappa shape index (κ3) is 5.50. The molecule has 0 unspecified atom stereocenters. The van der Waals surface area contributed by atoms with E-state index in [4.69, 9.17) is 0 Å². The smallest absolute Gasteiger partial charge is 0.191 e. The highest BCUT2D eigenvalue weighted by Gasteiger charge is 2.06. The highest BCUT2D eigenvalue weighted by Crippen LogP contribution is 2.23. The van der Waals surface area contributed by atoms with Crippen LogP contribution in [0, 0.1) is 5.82 Å². The summed E-state index contributed by atoms with van der Waals surface area (Å²) in [6.07, 6.45) is 0. The number of nitrogens with one attached hydrogen (secondary N) is 2. The van der Waals surface area contributed by atoms with Gasteiger partial charge in [0.15, 0.2) is 5.96 Å². The summed E-state index contributed by atoms with van der Waals surface area (Å²) in [5.74, 6) is 0.384. The number of hydrogen-bond donors (Lipinski definition) is 2. The molecule has 2 aromatic carbocycles. The van der Waals surface area contributed by atoms with Crippen molar-refractivity contribution in [2.75, 3.05) is 7.05 Å². The van der Waals surface area contributed by atoms with E-state index in [2.05, 4.69) is 20.6 Å². The number of thiazole rings is 1. The Hall–Kier alpha value is -2.00. The highest BCUT2D eigenvalue weighted by molar-refractivity contribution is 14.0. The Morgan fingerprint density at radius 3 is 2.46 bits per heavy atom. The van der Waals surface area contributed by atoms with E-state index >= 15 is 0 Å². The largest absolute Gasteiger partial charge is 0.352 e. The van der Waals surface area contributed by atoms with Gasteiger partial charge in [0.05, 0.1) is 12.2 Å². The van der Waals surface area contributed by atoms with Gasteiger partial charge in [0.25, 0.3) is 0 Å². The molecule has 0 bridgehead atoms. The number of rotatable bonds is 5. The number of nitrogens with zero attached hydrogens (tertiary/aromatic N) is 2. The first-order chi connectivity index (χ1) is 12.3. The van der Waals surface area contributed by atoms with Gasteiger partial charge in [0, 0.05) is 30.1 Å². The van der Waals surface area contributed by atoms with Gasteiger partial charge in [-0.25, -0.2) is 9.37 Å². The second-order valence-electron chi connectivity index (χ2n) is 5.38. The van der Waals surface area contributed by atoms with Crippen LogP contribution in [-0.2, 0) is 13.1 Å². The molecule has 0 atom stereocenters. The lowest BCUT2D eigenvalue weighted by Gasteiger charge is -2.11. The van der Waals surface area contributed by atoms with Crippen molar-refractivity contribution in [3.63, 3.8) is 0 Å². The van der Waals surface area contributed by atoms with Crippen molar-refractivity contribution in [2.24, 2.45) is 4.99 Å². The van der Waals surface area contributed by atoms with Gasteiger partial charge in [-0.05, 0) is 6.07 Å². The SMILES string of the molecule is CN=C(NCc1csc(-c2ccccc2)n1)NCc1ccccc1F.I. The first-order valence-electron chi connectivity index (χ1n) is 7.94. The summed E-state index contributed by atoms with van der Waals surface area (Å²) in [4.78, 5) is 8.79. The van der Waals surface area contributed by atoms with Crippen LogP contribution in [0.15, 0.2) is 65.0 Å². The minimum atomic E-state index is -0.225. The van der Waals surface area contributed by atoms with Gasteiger partial charge in [0.1, 0.15) is 10.8 Å². The van der Waals surface area contributed by atoms with Crippen LogP contribution in [-0.4, -0.2) is 18.0 Å². The van der Waals surface area contributed by atoms with Crippen LogP contribution in [0.25, 0.3) is 10.6 Å². The number of halogens is 2. The van der Waals surface area contributed by atoms with Crippen LogP contribution in [0.1, 0.15) is 11.3 Å². The summed E-state index contributed by atoms with van der Waals surface area (Å²) >= 11 is 1.61. The number of hydrogen-bond acceptors (Lipinski definition) is 3. The van der Waals surface area contributed by atoms with E-state index in [0.29, 0.717) is 24.6 Å².